The second-order valence-electron chi connectivity index (χ2n) is 6.54. The number of esters is 1. The largest absolute Gasteiger partial charge is 0.457 e. The zero-order valence-electron chi connectivity index (χ0n) is 14.9. The van der Waals surface area contributed by atoms with E-state index in [-0.39, 0.29) is 31.3 Å². The molecule has 3 rings (SSSR count). The van der Waals surface area contributed by atoms with Crippen molar-refractivity contribution in [3.8, 4) is 0 Å². The highest BCUT2D eigenvalue weighted by Crippen LogP contribution is 2.31. The van der Waals surface area contributed by atoms with E-state index in [9.17, 15) is 14.4 Å². The summed E-state index contributed by atoms with van der Waals surface area (Å²) in [6, 6.07) is 14.5. The van der Waals surface area contributed by atoms with Gasteiger partial charge in [-0.05, 0) is 25.0 Å². The van der Waals surface area contributed by atoms with Crippen LogP contribution >= 0.6 is 0 Å². The number of rotatable bonds is 5. The number of ether oxygens (including phenoxy) is 1. The number of anilines is 1. The van der Waals surface area contributed by atoms with Gasteiger partial charge in [0.15, 0.2) is 12.4 Å². The summed E-state index contributed by atoms with van der Waals surface area (Å²) in [4.78, 5) is 38.4. The van der Waals surface area contributed by atoms with Crippen LogP contribution in [0.5, 0.6) is 0 Å². The minimum absolute atomic E-state index is 0.0984. The standard InChI is InChI=1S/C21H21NO4/c1-14-7-6-8-15(2)20(14)22-12-17(11-19(22)24)21(25)26-13-18(23)16-9-4-3-5-10-16/h3-10,17H,11-13H2,1-2H3/t17-/m1/s1. The maximum absolute atomic E-state index is 12.4. The van der Waals surface area contributed by atoms with Gasteiger partial charge in [-0.1, -0.05) is 48.5 Å². The van der Waals surface area contributed by atoms with Crippen LogP contribution in [-0.4, -0.2) is 30.8 Å². The molecule has 1 aliphatic heterocycles. The summed E-state index contributed by atoms with van der Waals surface area (Å²) in [7, 11) is 0. The highest BCUT2D eigenvalue weighted by atomic mass is 16.5. The molecule has 0 unspecified atom stereocenters. The van der Waals surface area contributed by atoms with Gasteiger partial charge in [0.05, 0.1) is 5.92 Å². The number of hydrogen-bond donors (Lipinski definition) is 0. The fraction of sp³-hybridized carbons (Fsp3) is 0.286. The van der Waals surface area contributed by atoms with Crippen LogP contribution in [0.1, 0.15) is 27.9 Å². The summed E-state index contributed by atoms with van der Waals surface area (Å²) >= 11 is 0. The van der Waals surface area contributed by atoms with Crippen LogP contribution < -0.4 is 4.90 Å². The number of carbonyl (C=O) groups excluding carboxylic acids is 3. The van der Waals surface area contributed by atoms with E-state index >= 15 is 0 Å². The molecule has 0 aliphatic carbocycles. The molecule has 0 spiro atoms. The van der Waals surface area contributed by atoms with E-state index < -0.39 is 11.9 Å². The van der Waals surface area contributed by atoms with Crippen LogP contribution in [0.15, 0.2) is 48.5 Å². The first-order valence-corrected chi connectivity index (χ1v) is 8.59. The van der Waals surface area contributed by atoms with Gasteiger partial charge >= 0.3 is 5.97 Å². The van der Waals surface area contributed by atoms with Crippen LogP contribution in [-0.2, 0) is 14.3 Å². The molecule has 134 valence electrons. The number of amides is 1. The fourth-order valence-electron chi connectivity index (χ4n) is 3.27. The minimum Gasteiger partial charge on any atom is -0.457 e. The third-order valence-corrected chi connectivity index (χ3v) is 4.61. The molecular weight excluding hydrogens is 330 g/mol. The number of ketones is 1. The van der Waals surface area contributed by atoms with Gasteiger partial charge in [0, 0.05) is 24.2 Å². The Labute approximate surface area is 152 Å². The quantitative estimate of drug-likeness (QED) is 0.613. The Morgan fingerprint density at radius 2 is 1.69 bits per heavy atom. The molecule has 1 atom stereocenters. The first-order valence-electron chi connectivity index (χ1n) is 8.59. The van der Waals surface area contributed by atoms with E-state index in [2.05, 4.69) is 0 Å². The predicted octanol–water partition coefficient (Wildman–Crippen LogP) is 3.08. The number of aryl methyl sites for hydroxylation is 2. The Bertz CT molecular complexity index is 824. The third kappa shape index (κ3) is 3.67. The lowest BCUT2D eigenvalue weighted by Gasteiger charge is -2.21. The first kappa shape index (κ1) is 17.9. The fourth-order valence-corrected chi connectivity index (χ4v) is 3.27. The molecule has 1 aliphatic rings. The molecule has 0 radical (unpaired) electrons. The van der Waals surface area contributed by atoms with Crippen molar-refractivity contribution in [1.82, 2.24) is 0 Å². The number of nitrogens with zero attached hydrogens (tertiary/aromatic N) is 1. The molecule has 0 bridgehead atoms. The number of Topliss-reactive ketones (excluding diaryl/α,β-unsaturated/α-hetero) is 1. The summed E-state index contributed by atoms with van der Waals surface area (Å²) in [5.74, 6) is -1.41. The molecule has 2 aromatic rings. The Balaban J connectivity index is 1.63. The zero-order chi connectivity index (χ0) is 18.7. The van der Waals surface area contributed by atoms with Crippen LogP contribution in [0.4, 0.5) is 5.69 Å². The highest BCUT2D eigenvalue weighted by molar-refractivity contribution is 6.01. The van der Waals surface area contributed by atoms with Crippen molar-refractivity contribution in [3.63, 3.8) is 0 Å². The Morgan fingerprint density at radius 1 is 1.04 bits per heavy atom. The number of carbonyl (C=O) groups is 3. The summed E-state index contributed by atoms with van der Waals surface area (Å²) < 4.78 is 5.17. The normalized spacial score (nSPS) is 16.6. The molecule has 0 N–H and O–H groups in total. The van der Waals surface area contributed by atoms with Gasteiger partial charge in [-0.2, -0.15) is 0 Å². The average molecular weight is 351 g/mol. The van der Waals surface area contributed by atoms with Gasteiger partial charge < -0.3 is 9.64 Å². The molecule has 1 heterocycles. The van der Waals surface area contributed by atoms with Gasteiger partial charge in [-0.25, -0.2) is 0 Å². The van der Waals surface area contributed by atoms with E-state index in [1.165, 1.54) is 0 Å². The summed E-state index contributed by atoms with van der Waals surface area (Å²) in [5.41, 5.74) is 3.34. The zero-order valence-corrected chi connectivity index (χ0v) is 14.9. The van der Waals surface area contributed by atoms with Gasteiger partial charge in [0.1, 0.15) is 0 Å². The Hall–Kier alpha value is -2.95. The average Bonchev–Trinajstić information content (AvgIpc) is 3.01. The van der Waals surface area contributed by atoms with Gasteiger partial charge in [-0.3, -0.25) is 14.4 Å². The lowest BCUT2D eigenvalue weighted by Crippen LogP contribution is -2.28. The molecule has 5 nitrogen and oxygen atoms in total. The predicted molar refractivity (Wildman–Crippen MR) is 98.1 cm³/mol. The molecule has 0 saturated carbocycles. The molecule has 26 heavy (non-hydrogen) atoms. The van der Waals surface area contributed by atoms with Crippen molar-refractivity contribution in [2.24, 2.45) is 5.92 Å². The van der Waals surface area contributed by atoms with Crippen molar-refractivity contribution in [1.29, 1.82) is 0 Å². The van der Waals surface area contributed by atoms with Crippen molar-refractivity contribution in [2.75, 3.05) is 18.1 Å². The lowest BCUT2D eigenvalue weighted by atomic mass is 10.1. The molecule has 0 aromatic heterocycles. The second kappa shape index (κ2) is 7.52. The van der Waals surface area contributed by atoms with Gasteiger partial charge in [0.25, 0.3) is 0 Å². The Morgan fingerprint density at radius 3 is 2.35 bits per heavy atom. The maximum atomic E-state index is 12.4. The molecule has 2 aromatic carbocycles. The van der Waals surface area contributed by atoms with Crippen LogP contribution in [0.2, 0.25) is 0 Å². The van der Waals surface area contributed by atoms with Crippen molar-refractivity contribution < 1.29 is 19.1 Å². The lowest BCUT2D eigenvalue weighted by molar-refractivity contribution is -0.147. The third-order valence-electron chi connectivity index (χ3n) is 4.61. The minimum atomic E-state index is -0.551. The summed E-state index contributed by atoms with van der Waals surface area (Å²) in [5, 5.41) is 0. The van der Waals surface area contributed by atoms with Crippen molar-refractivity contribution >= 4 is 23.3 Å². The van der Waals surface area contributed by atoms with Crippen LogP contribution in [0.3, 0.4) is 0 Å². The van der Waals surface area contributed by atoms with E-state index in [4.69, 9.17) is 4.74 Å². The molecule has 1 fully saturated rings. The molecule has 1 saturated heterocycles. The Kier molecular flexibility index (Phi) is 5.16. The van der Waals surface area contributed by atoms with Crippen LogP contribution in [0, 0.1) is 19.8 Å². The van der Waals surface area contributed by atoms with Gasteiger partial charge in [0.2, 0.25) is 5.91 Å². The first-order chi connectivity index (χ1) is 12.5. The number of hydrogen-bond acceptors (Lipinski definition) is 4. The van der Waals surface area contributed by atoms with Gasteiger partial charge in [-0.15, -0.1) is 0 Å². The number of para-hydroxylation sites is 1. The molecule has 1 amide bonds. The second-order valence-corrected chi connectivity index (χ2v) is 6.54. The highest BCUT2D eigenvalue weighted by Gasteiger charge is 2.37. The monoisotopic (exact) mass is 351 g/mol. The molecular formula is C21H21NO4. The van der Waals surface area contributed by atoms with E-state index in [0.717, 1.165) is 16.8 Å². The van der Waals surface area contributed by atoms with Crippen molar-refractivity contribution in [2.45, 2.75) is 20.3 Å². The van der Waals surface area contributed by atoms with E-state index in [0.29, 0.717) is 5.56 Å². The maximum Gasteiger partial charge on any atom is 0.311 e. The SMILES string of the molecule is Cc1cccc(C)c1N1C[C@H](C(=O)OCC(=O)c2ccccc2)CC1=O. The topological polar surface area (TPSA) is 63.7 Å². The number of benzene rings is 2. The van der Waals surface area contributed by atoms with Crippen LogP contribution in [0.25, 0.3) is 0 Å². The van der Waals surface area contributed by atoms with E-state index in [1.807, 2.05) is 38.1 Å². The molecule has 5 heteroatoms. The smallest absolute Gasteiger partial charge is 0.311 e. The van der Waals surface area contributed by atoms with Crippen molar-refractivity contribution in [3.05, 3.63) is 65.2 Å². The summed E-state index contributed by atoms with van der Waals surface area (Å²) in [6.45, 7) is 3.86. The summed E-state index contributed by atoms with van der Waals surface area (Å²) in [6.07, 6.45) is 0.103. The van der Waals surface area contributed by atoms with E-state index in [1.54, 1.807) is 29.2 Å².